The van der Waals surface area contributed by atoms with Gasteiger partial charge in [0.05, 0.1) is 5.75 Å². The molecule has 2 N–H and O–H groups in total. The van der Waals surface area contributed by atoms with Crippen molar-refractivity contribution in [3.8, 4) is 5.82 Å². The third-order valence-corrected chi connectivity index (χ3v) is 4.89. The Labute approximate surface area is 156 Å². The summed E-state index contributed by atoms with van der Waals surface area (Å²) in [6, 6.07) is 3.85. The van der Waals surface area contributed by atoms with Crippen molar-refractivity contribution in [3.63, 3.8) is 0 Å². The molecule has 138 valence electrons. The summed E-state index contributed by atoms with van der Waals surface area (Å²) in [5.41, 5.74) is 0.359. The highest BCUT2D eigenvalue weighted by Crippen LogP contribution is 2.19. The van der Waals surface area contributed by atoms with Crippen molar-refractivity contribution in [2.75, 3.05) is 5.75 Å². The minimum Gasteiger partial charge on any atom is -0.353 e. The highest BCUT2D eigenvalue weighted by molar-refractivity contribution is 7.99. The van der Waals surface area contributed by atoms with E-state index in [1.165, 1.54) is 22.8 Å². The molecule has 9 heteroatoms. The van der Waals surface area contributed by atoms with E-state index in [9.17, 15) is 9.59 Å². The van der Waals surface area contributed by atoms with Crippen molar-refractivity contribution in [2.24, 2.45) is 0 Å². The summed E-state index contributed by atoms with van der Waals surface area (Å²) in [5, 5.41) is 10.8. The fourth-order valence-electron chi connectivity index (χ4n) is 2.15. The molecule has 0 aliphatic heterocycles. The molecule has 1 aliphatic rings. The second kappa shape index (κ2) is 8.31. The Bertz CT molecular complexity index is 789. The lowest BCUT2D eigenvalue weighted by molar-refractivity contribution is -0.119. The Hall–Kier alpha value is -2.42. The number of rotatable bonds is 8. The van der Waals surface area contributed by atoms with Gasteiger partial charge in [0.25, 0.3) is 5.91 Å². The van der Waals surface area contributed by atoms with E-state index in [2.05, 4.69) is 25.7 Å². The van der Waals surface area contributed by atoms with Gasteiger partial charge in [0.15, 0.2) is 11.5 Å². The van der Waals surface area contributed by atoms with Gasteiger partial charge < -0.3 is 10.6 Å². The second-order valence-corrected chi connectivity index (χ2v) is 7.27. The predicted octanol–water partition coefficient (Wildman–Crippen LogP) is 1.56. The number of hydrogen-bond acceptors (Lipinski definition) is 6. The third kappa shape index (κ3) is 5.04. The summed E-state index contributed by atoms with van der Waals surface area (Å²) in [7, 11) is 0. The van der Waals surface area contributed by atoms with E-state index in [0.717, 1.165) is 19.3 Å². The van der Waals surface area contributed by atoms with Crippen LogP contribution in [0, 0.1) is 0 Å². The van der Waals surface area contributed by atoms with E-state index in [1.54, 1.807) is 18.3 Å². The highest BCUT2D eigenvalue weighted by atomic mass is 32.2. The zero-order chi connectivity index (χ0) is 18.5. The summed E-state index contributed by atoms with van der Waals surface area (Å²) in [6.45, 7) is 4.00. The lowest BCUT2D eigenvalue weighted by atomic mass is 10.3. The molecule has 0 saturated heterocycles. The van der Waals surface area contributed by atoms with Crippen molar-refractivity contribution in [3.05, 3.63) is 30.4 Å². The number of carbonyl (C=O) groups is 2. The van der Waals surface area contributed by atoms with Crippen molar-refractivity contribution in [2.45, 2.75) is 50.2 Å². The van der Waals surface area contributed by atoms with Gasteiger partial charge in [-0.15, -0.1) is 0 Å². The molecule has 2 heterocycles. The lowest BCUT2D eigenvalue weighted by Crippen LogP contribution is -2.33. The van der Waals surface area contributed by atoms with Crippen LogP contribution in [0.4, 0.5) is 0 Å². The molecule has 8 nitrogen and oxygen atoms in total. The quantitative estimate of drug-likeness (QED) is 0.537. The topological polar surface area (TPSA) is 102 Å². The Kier molecular flexibility index (Phi) is 5.87. The van der Waals surface area contributed by atoms with Crippen molar-refractivity contribution in [1.82, 2.24) is 30.4 Å². The number of nitrogens with zero attached hydrogens (tertiary/aromatic N) is 4. The van der Waals surface area contributed by atoms with Gasteiger partial charge >= 0.3 is 0 Å². The molecule has 0 radical (unpaired) electrons. The van der Waals surface area contributed by atoms with Crippen LogP contribution in [0.15, 0.2) is 29.7 Å². The molecule has 1 saturated carbocycles. The molecular weight excluding hydrogens is 352 g/mol. The first kappa shape index (κ1) is 18.4. The van der Waals surface area contributed by atoms with Crippen LogP contribution in [-0.4, -0.2) is 49.4 Å². The Morgan fingerprint density at radius 1 is 1.38 bits per heavy atom. The van der Waals surface area contributed by atoms with Gasteiger partial charge in [-0.25, -0.2) is 14.6 Å². The van der Waals surface area contributed by atoms with Crippen LogP contribution >= 0.6 is 11.8 Å². The van der Waals surface area contributed by atoms with E-state index < -0.39 is 0 Å². The van der Waals surface area contributed by atoms with Crippen molar-refractivity contribution < 1.29 is 9.59 Å². The monoisotopic (exact) mass is 374 g/mol. The van der Waals surface area contributed by atoms with E-state index in [0.29, 0.717) is 16.5 Å². The molecular formula is C17H22N6O2S. The van der Waals surface area contributed by atoms with E-state index in [1.807, 2.05) is 13.8 Å². The van der Waals surface area contributed by atoms with Crippen LogP contribution in [0.2, 0.25) is 0 Å². The molecule has 0 aromatic carbocycles. The number of carbonyl (C=O) groups excluding carboxylic acids is 2. The first-order valence-electron chi connectivity index (χ1n) is 8.66. The van der Waals surface area contributed by atoms with Crippen LogP contribution in [0.3, 0.4) is 0 Å². The maximum Gasteiger partial charge on any atom is 0.272 e. The van der Waals surface area contributed by atoms with Gasteiger partial charge in [-0.05, 0) is 32.3 Å². The summed E-state index contributed by atoms with van der Waals surface area (Å²) in [6.07, 6.45) is 6.07. The summed E-state index contributed by atoms with van der Waals surface area (Å²) in [4.78, 5) is 32.3. The van der Waals surface area contributed by atoms with Gasteiger partial charge in [-0.2, -0.15) is 5.10 Å². The Balaban J connectivity index is 1.61. The minimum absolute atomic E-state index is 0.0253. The normalized spacial score (nSPS) is 14.7. The van der Waals surface area contributed by atoms with Gasteiger partial charge in [0.2, 0.25) is 5.91 Å². The van der Waals surface area contributed by atoms with Gasteiger partial charge in [0.1, 0.15) is 11.4 Å². The maximum absolute atomic E-state index is 12.0. The van der Waals surface area contributed by atoms with E-state index in [-0.39, 0.29) is 29.7 Å². The smallest absolute Gasteiger partial charge is 0.272 e. The first-order valence-corrected chi connectivity index (χ1v) is 9.65. The Morgan fingerprint density at radius 3 is 2.92 bits per heavy atom. The van der Waals surface area contributed by atoms with E-state index >= 15 is 0 Å². The maximum atomic E-state index is 12.0. The van der Waals surface area contributed by atoms with Crippen LogP contribution in [0.5, 0.6) is 0 Å². The average molecular weight is 374 g/mol. The third-order valence-electron chi connectivity index (χ3n) is 3.97. The molecule has 1 aliphatic carbocycles. The largest absolute Gasteiger partial charge is 0.353 e. The first-order chi connectivity index (χ1) is 12.5. The van der Waals surface area contributed by atoms with Crippen molar-refractivity contribution in [1.29, 1.82) is 0 Å². The van der Waals surface area contributed by atoms with Crippen LogP contribution < -0.4 is 10.6 Å². The van der Waals surface area contributed by atoms with E-state index in [4.69, 9.17) is 0 Å². The van der Waals surface area contributed by atoms with Crippen LogP contribution in [-0.2, 0) is 4.79 Å². The molecule has 1 unspecified atom stereocenters. The molecule has 0 bridgehead atoms. The molecule has 1 atom stereocenters. The molecule has 2 amide bonds. The summed E-state index contributed by atoms with van der Waals surface area (Å²) < 4.78 is 1.53. The lowest BCUT2D eigenvalue weighted by Gasteiger charge is -2.10. The van der Waals surface area contributed by atoms with Crippen LogP contribution in [0.1, 0.15) is 43.6 Å². The number of hydrogen-bond donors (Lipinski definition) is 2. The predicted molar refractivity (Wildman–Crippen MR) is 98.3 cm³/mol. The standard InChI is InChI=1S/C17H22N6O2S/c1-3-11(2)20-15(24)9-26-16-8-14(18-10-19-16)23-7-6-13(22-23)17(25)21-12-4-5-12/h6-8,10-12H,3-5,9H2,1-2H3,(H,20,24)(H,21,25). The number of aromatic nitrogens is 4. The van der Waals surface area contributed by atoms with Gasteiger partial charge in [-0.1, -0.05) is 18.7 Å². The van der Waals surface area contributed by atoms with Crippen LogP contribution in [0.25, 0.3) is 5.82 Å². The molecule has 2 aromatic heterocycles. The number of amides is 2. The zero-order valence-corrected chi connectivity index (χ0v) is 15.6. The fourth-order valence-corrected chi connectivity index (χ4v) is 2.82. The average Bonchev–Trinajstić information content (AvgIpc) is 3.31. The number of nitrogens with one attached hydrogen (secondary N) is 2. The Morgan fingerprint density at radius 2 is 2.19 bits per heavy atom. The molecule has 1 fully saturated rings. The zero-order valence-electron chi connectivity index (χ0n) is 14.8. The molecule has 2 aromatic rings. The van der Waals surface area contributed by atoms with Gasteiger partial charge in [0, 0.05) is 24.3 Å². The SMILES string of the molecule is CCC(C)NC(=O)CSc1cc(-n2ccc(C(=O)NC3CC3)n2)ncn1. The highest BCUT2D eigenvalue weighted by Gasteiger charge is 2.24. The van der Waals surface area contributed by atoms with Crippen molar-refractivity contribution >= 4 is 23.6 Å². The van der Waals surface area contributed by atoms with Gasteiger partial charge in [-0.3, -0.25) is 9.59 Å². The second-order valence-electron chi connectivity index (χ2n) is 6.27. The fraction of sp³-hybridized carbons (Fsp3) is 0.471. The molecule has 3 rings (SSSR count). The summed E-state index contributed by atoms with van der Waals surface area (Å²) >= 11 is 1.34. The summed E-state index contributed by atoms with van der Waals surface area (Å²) in [5.74, 6) is 0.643. The minimum atomic E-state index is -0.170. The molecule has 26 heavy (non-hydrogen) atoms. The number of thioether (sulfide) groups is 1. The molecule has 0 spiro atoms.